The number of hydrogen-bond donors (Lipinski definition) is 1. The van der Waals surface area contributed by atoms with Gasteiger partial charge < -0.3 is 5.32 Å². The van der Waals surface area contributed by atoms with Crippen LogP contribution in [0.25, 0.3) is 0 Å². The summed E-state index contributed by atoms with van der Waals surface area (Å²) in [5, 5.41) is 2.98. The molecule has 2 atom stereocenters. The lowest BCUT2D eigenvalue weighted by molar-refractivity contribution is -0.199. The van der Waals surface area contributed by atoms with Crippen LogP contribution in [0.15, 0.2) is 0 Å². The lowest BCUT2D eigenvalue weighted by Gasteiger charge is -2.28. The molecule has 0 amide bonds. The first-order chi connectivity index (χ1) is 5.93. The molecule has 0 saturated carbocycles. The normalized spacial score (nSPS) is 26.8. The van der Waals surface area contributed by atoms with Crippen molar-refractivity contribution in [1.82, 2.24) is 5.32 Å². The van der Waals surface area contributed by atoms with Gasteiger partial charge in [-0.15, -0.1) is 0 Å². The third-order valence-corrected chi connectivity index (χ3v) is 2.70. The van der Waals surface area contributed by atoms with E-state index in [-0.39, 0.29) is 11.8 Å². The molecule has 1 saturated heterocycles. The van der Waals surface area contributed by atoms with Gasteiger partial charge in [0.1, 0.15) is 0 Å². The van der Waals surface area contributed by atoms with Crippen LogP contribution in [-0.2, 0) is 0 Å². The average Bonchev–Trinajstić information content (AvgIpc) is 2.34. The first-order valence-electron chi connectivity index (χ1n) is 4.70. The van der Waals surface area contributed by atoms with Gasteiger partial charge in [-0.3, -0.25) is 0 Å². The van der Waals surface area contributed by atoms with Crippen molar-refractivity contribution in [2.45, 2.75) is 26.4 Å². The summed E-state index contributed by atoms with van der Waals surface area (Å²) in [7, 11) is 0. The molecule has 1 fully saturated rings. The van der Waals surface area contributed by atoms with E-state index in [1.165, 1.54) is 0 Å². The van der Waals surface area contributed by atoms with E-state index in [1.807, 2.05) is 0 Å². The van der Waals surface area contributed by atoms with Gasteiger partial charge in [0.2, 0.25) is 0 Å². The fourth-order valence-corrected chi connectivity index (χ4v) is 2.17. The van der Waals surface area contributed by atoms with Crippen molar-refractivity contribution in [2.75, 3.05) is 13.1 Å². The molecule has 1 aliphatic heterocycles. The molecule has 0 bridgehead atoms. The van der Waals surface area contributed by atoms with Crippen LogP contribution in [0, 0.1) is 17.8 Å². The minimum absolute atomic E-state index is 0.222. The molecule has 0 radical (unpaired) electrons. The zero-order chi connectivity index (χ0) is 10.1. The second kappa shape index (κ2) is 3.86. The summed E-state index contributed by atoms with van der Waals surface area (Å²) in [6, 6.07) is 0. The van der Waals surface area contributed by atoms with Crippen LogP contribution in [0.3, 0.4) is 0 Å². The van der Waals surface area contributed by atoms with Crippen LogP contribution in [0.2, 0.25) is 0 Å². The zero-order valence-corrected chi connectivity index (χ0v) is 7.99. The number of rotatable bonds is 2. The Morgan fingerprint density at radius 3 is 2.23 bits per heavy atom. The Hall–Kier alpha value is -0.250. The average molecular weight is 195 g/mol. The summed E-state index contributed by atoms with van der Waals surface area (Å²) < 4.78 is 37.8. The van der Waals surface area contributed by atoms with E-state index in [0.29, 0.717) is 13.0 Å². The maximum absolute atomic E-state index is 12.6. The molecular weight excluding hydrogens is 179 g/mol. The van der Waals surface area contributed by atoms with Gasteiger partial charge in [0, 0.05) is 0 Å². The Bertz CT molecular complexity index is 159. The van der Waals surface area contributed by atoms with E-state index in [0.717, 1.165) is 6.54 Å². The van der Waals surface area contributed by atoms with Gasteiger partial charge in [0.25, 0.3) is 0 Å². The van der Waals surface area contributed by atoms with Gasteiger partial charge in [-0.2, -0.15) is 13.2 Å². The third-order valence-electron chi connectivity index (χ3n) is 2.70. The highest BCUT2D eigenvalue weighted by Gasteiger charge is 2.46. The molecule has 1 nitrogen and oxygen atoms in total. The minimum atomic E-state index is -4.04. The maximum Gasteiger partial charge on any atom is 0.392 e. The van der Waals surface area contributed by atoms with E-state index in [4.69, 9.17) is 0 Å². The summed E-state index contributed by atoms with van der Waals surface area (Å²) in [4.78, 5) is 0. The van der Waals surface area contributed by atoms with E-state index in [2.05, 4.69) is 5.32 Å². The van der Waals surface area contributed by atoms with E-state index in [9.17, 15) is 13.2 Å². The molecular formula is C9H16F3N. The number of nitrogens with one attached hydrogen (secondary N) is 1. The smallest absolute Gasteiger partial charge is 0.316 e. The fraction of sp³-hybridized carbons (Fsp3) is 1.00. The van der Waals surface area contributed by atoms with E-state index < -0.39 is 12.1 Å². The van der Waals surface area contributed by atoms with Gasteiger partial charge >= 0.3 is 6.18 Å². The summed E-state index contributed by atoms with van der Waals surface area (Å²) in [6.45, 7) is 4.54. The van der Waals surface area contributed by atoms with Crippen LogP contribution in [0.4, 0.5) is 13.2 Å². The molecule has 1 N–H and O–H groups in total. The van der Waals surface area contributed by atoms with E-state index in [1.54, 1.807) is 13.8 Å². The molecule has 0 aromatic heterocycles. The first kappa shape index (κ1) is 10.8. The van der Waals surface area contributed by atoms with Crippen molar-refractivity contribution in [2.24, 2.45) is 17.8 Å². The molecule has 0 spiro atoms. The minimum Gasteiger partial charge on any atom is -0.316 e. The van der Waals surface area contributed by atoms with Gasteiger partial charge in [0.15, 0.2) is 0 Å². The lowest BCUT2D eigenvalue weighted by Crippen LogP contribution is -2.35. The van der Waals surface area contributed by atoms with E-state index >= 15 is 0 Å². The van der Waals surface area contributed by atoms with Gasteiger partial charge in [-0.05, 0) is 31.3 Å². The van der Waals surface area contributed by atoms with Crippen molar-refractivity contribution in [3.8, 4) is 0 Å². The maximum atomic E-state index is 12.6. The number of hydrogen-bond acceptors (Lipinski definition) is 1. The fourth-order valence-electron chi connectivity index (χ4n) is 2.17. The van der Waals surface area contributed by atoms with Gasteiger partial charge in [-0.25, -0.2) is 0 Å². The highest BCUT2D eigenvalue weighted by atomic mass is 19.4. The quantitative estimate of drug-likeness (QED) is 0.713. The van der Waals surface area contributed by atoms with Crippen molar-refractivity contribution < 1.29 is 13.2 Å². The largest absolute Gasteiger partial charge is 0.392 e. The Morgan fingerprint density at radius 1 is 1.31 bits per heavy atom. The highest BCUT2D eigenvalue weighted by Crippen LogP contribution is 2.39. The van der Waals surface area contributed by atoms with Crippen LogP contribution < -0.4 is 5.32 Å². The molecule has 1 heterocycles. The summed E-state index contributed by atoms with van der Waals surface area (Å²) in [6.07, 6.45) is -3.38. The van der Waals surface area contributed by atoms with Crippen LogP contribution in [-0.4, -0.2) is 19.3 Å². The van der Waals surface area contributed by atoms with Gasteiger partial charge in [-0.1, -0.05) is 13.8 Å². The molecule has 78 valence electrons. The standard InChI is InChI=1S/C9H16F3N/c1-6(2)8(9(10,11)12)7-3-4-13-5-7/h6-8,13H,3-5H2,1-2H3. The third kappa shape index (κ3) is 2.59. The molecule has 13 heavy (non-hydrogen) atoms. The highest BCUT2D eigenvalue weighted by molar-refractivity contribution is 4.84. The predicted octanol–water partition coefficient (Wildman–Crippen LogP) is 2.43. The summed E-state index contributed by atoms with van der Waals surface area (Å²) in [5.41, 5.74) is 0. The number of halogens is 3. The molecule has 0 aromatic rings. The first-order valence-corrected chi connectivity index (χ1v) is 4.70. The molecule has 0 aromatic carbocycles. The Labute approximate surface area is 76.7 Å². The van der Waals surface area contributed by atoms with Crippen molar-refractivity contribution >= 4 is 0 Å². The van der Waals surface area contributed by atoms with Crippen LogP contribution in [0.1, 0.15) is 20.3 Å². The van der Waals surface area contributed by atoms with Crippen LogP contribution >= 0.6 is 0 Å². The second-order valence-electron chi connectivity index (χ2n) is 4.06. The molecule has 4 heteroatoms. The molecule has 0 aliphatic carbocycles. The Morgan fingerprint density at radius 2 is 1.92 bits per heavy atom. The molecule has 1 aliphatic rings. The van der Waals surface area contributed by atoms with Crippen molar-refractivity contribution in [3.05, 3.63) is 0 Å². The summed E-state index contributed by atoms with van der Waals surface area (Å²) >= 11 is 0. The monoisotopic (exact) mass is 195 g/mol. The van der Waals surface area contributed by atoms with Crippen molar-refractivity contribution in [3.63, 3.8) is 0 Å². The lowest BCUT2D eigenvalue weighted by atomic mass is 9.82. The van der Waals surface area contributed by atoms with Crippen molar-refractivity contribution in [1.29, 1.82) is 0 Å². The second-order valence-corrected chi connectivity index (χ2v) is 4.06. The predicted molar refractivity (Wildman–Crippen MR) is 45.4 cm³/mol. The topological polar surface area (TPSA) is 12.0 Å². The zero-order valence-electron chi connectivity index (χ0n) is 7.99. The van der Waals surface area contributed by atoms with Crippen LogP contribution in [0.5, 0.6) is 0 Å². The summed E-state index contributed by atoms with van der Waals surface area (Å²) in [5.74, 6) is -1.67. The van der Waals surface area contributed by atoms with Gasteiger partial charge in [0.05, 0.1) is 5.92 Å². The molecule has 1 rings (SSSR count). The SMILES string of the molecule is CC(C)C(C1CCNC1)C(F)(F)F. The Balaban J connectivity index is 2.67. The number of alkyl halides is 3. The Kier molecular flexibility index (Phi) is 3.22. The molecule has 2 unspecified atom stereocenters.